The van der Waals surface area contributed by atoms with Crippen LogP contribution in [0.5, 0.6) is 0 Å². The molecule has 8 nitrogen and oxygen atoms in total. The standard InChI is InChI=1S/C18H21N5O3/c1-22-12-14(11-19-22)20-16(24)8-7-15-17(25)23(18(26)21-15)10-9-13-5-3-2-4-6-13/h2-6,11-12,15H,7-10H2,1H3,(H,20,24)(H,21,26). The number of aryl methyl sites for hydroxylation is 1. The van der Waals surface area contributed by atoms with Crippen molar-refractivity contribution >= 4 is 23.5 Å². The van der Waals surface area contributed by atoms with Crippen molar-refractivity contribution in [2.75, 3.05) is 11.9 Å². The van der Waals surface area contributed by atoms with Crippen molar-refractivity contribution in [2.24, 2.45) is 7.05 Å². The molecule has 1 unspecified atom stereocenters. The fourth-order valence-corrected chi connectivity index (χ4v) is 2.85. The van der Waals surface area contributed by atoms with Gasteiger partial charge in [0.15, 0.2) is 0 Å². The number of anilines is 1. The van der Waals surface area contributed by atoms with E-state index in [1.165, 1.54) is 4.90 Å². The molecule has 136 valence electrons. The number of urea groups is 1. The lowest BCUT2D eigenvalue weighted by molar-refractivity contribution is -0.127. The van der Waals surface area contributed by atoms with E-state index in [0.29, 0.717) is 18.7 Å². The summed E-state index contributed by atoms with van der Waals surface area (Å²) in [4.78, 5) is 37.6. The van der Waals surface area contributed by atoms with Crippen LogP contribution in [0.1, 0.15) is 18.4 Å². The summed E-state index contributed by atoms with van der Waals surface area (Å²) in [5, 5.41) is 9.33. The molecule has 1 fully saturated rings. The number of aromatic nitrogens is 2. The van der Waals surface area contributed by atoms with E-state index in [-0.39, 0.29) is 24.7 Å². The number of benzene rings is 1. The Bertz CT molecular complexity index is 802. The second-order valence-corrected chi connectivity index (χ2v) is 6.22. The number of rotatable bonds is 7. The van der Waals surface area contributed by atoms with E-state index in [0.717, 1.165) is 5.56 Å². The summed E-state index contributed by atoms with van der Waals surface area (Å²) in [6.45, 7) is 0.326. The smallest absolute Gasteiger partial charge is 0.324 e. The Morgan fingerprint density at radius 3 is 2.73 bits per heavy atom. The Morgan fingerprint density at radius 1 is 1.27 bits per heavy atom. The molecule has 2 heterocycles. The lowest BCUT2D eigenvalue weighted by Crippen LogP contribution is -2.33. The van der Waals surface area contributed by atoms with Crippen LogP contribution < -0.4 is 10.6 Å². The average Bonchev–Trinajstić information content (AvgIpc) is 3.15. The van der Waals surface area contributed by atoms with E-state index in [2.05, 4.69) is 15.7 Å². The van der Waals surface area contributed by atoms with Gasteiger partial charge in [-0.2, -0.15) is 5.10 Å². The Kier molecular flexibility index (Phi) is 5.31. The van der Waals surface area contributed by atoms with Crippen LogP contribution in [0.4, 0.5) is 10.5 Å². The minimum Gasteiger partial charge on any atom is -0.326 e. The number of hydrogen-bond donors (Lipinski definition) is 2. The summed E-state index contributed by atoms with van der Waals surface area (Å²) in [5.74, 6) is -0.497. The molecule has 4 amide bonds. The van der Waals surface area contributed by atoms with Gasteiger partial charge in [-0.25, -0.2) is 4.79 Å². The zero-order valence-corrected chi connectivity index (χ0v) is 14.5. The largest absolute Gasteiger partial charge is 0.326 e. The normalized spacial score (nSPS) is 16.7. The van der Waals surface area contributed by atoms with Crippen molar-refractivity contribution in [1.82, 2.24) is 20.0 Å². The van der Waals surface area contributed by atoms with Crippen molar-refractivity contribution < 1.29 is 14.4 Å². The van der Waals surface area contributed by atoms with Gasteiger partial charge >= 0.3 is 6.03 Å². The van der Waals surface area contributed by atoms with Crippen LogP contribution in [-0.2, 0) is 23.1 Å². The molecule has 1 aromatic carbocycles. The number of nitrogens with zero attached hydrogens (tertiary/aromatic N) is 3. The highest BCUT2D eigenvalue weighted by Gasteiger charge is 2.37. The molecule has 2 N–H and O–H groups in total. The molecule has 8 heteroatoms. The lowest BCUT2D eigenvalue weighted by Gasteiger charge is -2.13. The van der Waals surface area contributed by atoms with Crippen molar-refractivity contribution in [3.8, 4) is 0 Å². The summed E-state index contributed by atoms with van der Waals surface area (Å²) in [6.07, 6.45) is 4.24. The van der Waals surface area contributed by atoms with Crippen LogP contribution in [0.3, 0.4) is 0 Å². The highest BCUT2D eigenvalue weighted by atomic mass is 16.2. The third-order valence-corrected chi connectivity index (χ3v) is 4.22. The molecule has 0 bridgehead atoms. The molecular weight excluding hydrogens is 334 g/mol. The average molecular weight is 355 g/mol. The van der Waals surface area contributed by atoms with Crippen LogP contribution in [0.15, 0.2) is 42.7 Å². The quantitative estimate of drug-likeness (QED) is 0.732. The topological polar surface area (TPSA) is 96.3 Å². The summed E-state index contributed by atoms with van der Waals surface area (Å²) in [6, 6.07) is 8.62. The highest BCUT2D eigenvalue weighted by molar-refractivity contribution is 6.04. The molecule has 1 aromatic heterocycles. The predicted octanol–water partition coefficient (Wildman–Crippen LogP) is 1.30. The lowest BCUT2D eigenvalue weighted by atomic mass is 10.1. The molecule has 0 spiro atoms. The van der Waals surface area contributed by atoms with E-state index in [9.17, 15) is 14.4 Å². The number of imide groups is 1. The molecular formula is C18H21N5O3. The summed E-state index contributed by atoms with van der Waals surface area (Å²) >= 11 is 0. The van der Waals surface area contributed by atoms with Gasteiger partial charge in [0.1, 0.15) is 6.04 Å². The van der Waals surface area contributed by atoms with Crippen molar-refractivity contribution in [3.05, 3.63) is 48.3 Å². The van der Waals surface area contributed by atoms with Crippen molar-refractivity contribution in [3.63, 3.8) is 0 Å². The van der Waals surface area contributed by atoms with Gasteiger partial charge in [0.25, 0.3) is 5.91 Å². The minimum absolute atomic E-state index is 0.137. The highest BCUT2D eigenvalue weighted by Crippen LogP contribution is 2.13. The van der Waals surface area contributed by atoms with E-state index >= 15 is 0 Å². The first kappa shape index (κ1) is 17.7. The van der Waals surface area contributed by atoms with Gasteiger partial charge in [-0.15, -0.1) is 0 Å². The van der Waals surface area contributed by atoms with Crippen LogP contribution in [0.25, 0.3) is 0 Å². The molecule has 26 heavy (non-hydrogen) atoms. The van der Waals surface area contributed by atoms with Gasteiger partial charge in [-0.05, 0) is 18.4 Å². The maximum absolute atomic E-state index is 12.4. The molecule has 0 radical (unpaired) electrons. The monoisotopic (exact) mass is 355 g/mol. The zero-order chi connectivity index (χ0) is 18.5. The number of carbonyl (C=O) groups is 3. The summed E-state index contributed by atoms with van der Waals surface area (Å²) < 4.78 is 1.58. The fourth-order valence-electron chi connectivity index (χ4n) is 2.85. The van der Waals surface area contributed by atoms with Gasteiger partial charge in [0.2, 0.25) is 5.91 Å². The zero-order valence-electron chi connectivity index (χ0n) is 14.5. The van der Waals surface area contributed by atoms with Gasteiger partial charge < -0.3 is 10.6 Å². The third-order valence-electron chi connectivity index (χ3n) is 4.22. The SMILES string of the molecule is Cn1cc(NC(=O)CCC2NC(=O)N(CCc3ccccc3)C2=O)cn1. The molecule has 1 saturated heterocycles. The van der Waals surface area contributed by atoms with Gasteiger partial charge in [-0.1, -0.05) is 30.3 Å². The maximum atomic E-state index is 12.4. The number of amides is 4. The molecule has 0 aliphatic carbocycles. The molecule has 1 aliphatic rings. The van der Waals surface area contributed by atoms with Gasteiger partial charge in [0.05, 0.1) is 11.9 Å². The van der Waals surface area contributed by atoms with Crippen LogP contribution in [0, 0.1) is 0 Å². The molecule has 1 aliphatic heterocycles. The van der Waals surface area contributed by atoms with E-state index in [4.69, 9.17) is 0 Å². The van der Waals surface area contributed by atoms with Gasteiger partial charge in [-0.3, -0.25) is 19.2 Å². The maximum Gasteiger partial charge on any atom is 0.324 e. The number of carbonyl (C=O) groups excluding carboxylic acids is 3. The third kappa shape index (κ3) is 4.27. The van der Waals surface area contributed by atoms with E-state index in [1.54, 1.807) is 24.1 Å². The van der Waals surface area contributed by atoms with Crippen LogP contribution >= 0.6 is 0 Å². The fraction of sp³-hybridized carbons (Fsp3) is 0.333. The predicted molar refractivity (Wildman–Crippen MR) is 95.3 cm³/mol. The summed E-state index contributed by atoms with van der Waals surface area (Å²) in [5.41, 5.74) is 1.66. The van der Waals surface area contributed by atoms with Crippen LogP contribution in [-0.4, -0.2) is 45.1 Å². The van der Waals surface area contributed by atoms with E-state index in [1.807, 2.05) is 30.3 Å². The number of hydrogen-bond acceptors (Lipinski definition) is 4. The van der Waals surface area contributed by atoms with Crippen molar-refractivity contribution in [2.45, 2.75) is 25.3 Å². The Morgan fingerprint density at radius 2 is 2.04 bits per heavy atom. The Labute approximate surface area is 151 Å². The molecule has 2 aromatic rings. The second-order valence-electron chi connectivity index (χ2n) is 6.22. The minimum atomic E-state index is -0.655. The molecule has 1 atom stereocenters. The van der Waals surface area contributed by atoms with Crippen LogP contribution in [0.2, 0.25) is 0 Å². The van der Waals surface area contributed by atoms with E-state index < -0.39 is 12.1 Å². The Balaban J connectivity index is 1.48. The first-order chi connectivity index (χ1) is 12.5. The molecule has 3 rings (SSSR count). The number of nitrogens with one attached hydrogen (secondary N) is 2. The Hall–Kier alpha value is -3.16. The second kappa shape index (κ2) is 7.81. The van der Waals surface area contributed by atoms with Gasteiger partial charge in [0, 0.05) is 26.2 Å². The van der Waals surface area contributed by atoms with Crippen molar-refractivity contribution in [1.29, 1.82) is 0 Å². The summed E-state index contributed by atoms with van der Waals surface area (Å²) in [7, 11) is 1.76. The first-order valence-corrected chi connectivity index (χ1v) is 8.47. The first-order valence-electron chi connectivity index (χ1n) is 8.47. The molecule has 0 saturated carbocycles.